The van der Waals surface area contributed by atoms with Gasteiger partial charge >= 0.3 is 6.18 Å². The maximum atomic E-state index is 13.5. The minimum atomic E-state index is -4.21. The second-order valence-corrected chi connectivity index (χ2v) is 4.92. The molecule has 2 rings (SSSR count). The number of fused-ring (bicyclic) bond motifs is 1. The summed E-state index contributed by atoms with van der Waals surface area (Å²) < 4.78 is 50.9. The molecule has 1 aromatic carbocycles. The zero-order chi connectivity index (χ0) is 12.6. The van der Waals surface area contributed by atoms with Crippen molar-refractivity contribution in [3.8, 4) is 0 Å². The van der Waals surface area contributed by atoms with Gasteiger partial charge < -0.3 is 0 Å². The van der Waals surface area contributed by atoms with Gasteiger partial charge in [-0.05, 0) is 29.7 Å². The fraction of sp³-hybridized carbons (Fsp3) is 0.455. The number of benzene rings is 1. The van der Waals surface area contributed by atoms with Gasteiger partial charge in [0.1, 0.15) is 5.82 Å². The molecule has 0 saturated heterocycles. The minimum absolute atomic E-state index is 0.132. The molecule has 0 atom stereocenters. The van der Waals surface area contributed by atoms with Gasteiger partial charge in [-0.1, -0.05) is 15.9 Å². The summed E-state index contributed by atoms with van der Waals surface area (Å²) in [6.07, 6.45) is -3.89. The fourth-order valence-electron chi connectivity index (χ4n) is 2.04. The zero-order valence-corrected chi connectivity index (χ0v) is 10.4. The molecule has 0 amide bonds. The van der Waals surface area contributed by atoms with Crippen molar-refractivity contribution in [1.82, 2.24) is 4.90 Å². The van der Waals surface area contributed by atoms with Crippen LogP contribution < -0.4 is 0 Å². The third-order valence-corrected chi connectivity index (χ3v) is 3.52. The van der Waals surface area contributed by atoms with Gasteiger partial charge in [0.05, 0.1) is 6.54 Å². The van der Waals surface area contributed by atoms with Crippen LogP contribution in [0.4, 0.5) is 17.6 Å². The van der Waals surface area contributed by atoms with Gasteiger partial charge in [0.25, 0.3) is 0 Å². The zero-order valence-electron chi connectivity index (χ0n) is 8.82. The molecule has 1 aliphatic heterocycles. The van der Waals surface area contributed by atoms with Gasteiger partial charge in [0.15, 0.2) is 0 Å². The van der Waals surface area contributed by atoms with E-state index in [1.54, 1.807) is 0 Å². The molecular formula is C11H10BrF4N. The number of rotatable bonds is 1. The molecule has 0 radical (unpaired) electrons. The lowest BCUT2D eigenvalue weighted by Gasteiger charge is -2.30. The summed E-state index contributed by atoms with van der Waals surface area (Å²) in [4.78, 5) is 1.28. The van der Waals surface area contributed by atoms with Crippen molar-refractivity contribution in [3.05, 3.63) is 33.5 Å². The highest BCUT2D eigenvalue weighted by atomic mass is 79.9. The van der Waals surface area contributed by atoms with E-state index < -0.39 is 12.7 Å². The van der Waals surface area contributed by atoms with Crippen LogP contribution in [0.25, 0.3) is 0 Å². The highest BCUT2D eigenvalue weighted by Crippen LogP contribution is 2.30. The lowest BCUT2D eigenvalue weighted by Crippen LogP contribution is -2.38. The molecule has 0 unspecified atom stereocenters. The van der Waals surface area contributed by atoms with Gasteiger partial charge in [0.2, 0.25) is 0 Å². The molecular weight excluding hydrogens is 302 g/mol. The summed E-state index contributed by atoms with van der Waals surface area (Å²) in [6, 6.07) is 2.87. The largest absolute Gasteiger partial charge is 0.401 e. The highest BCUT2D eigenvalue weighted by molar-refractivity contribution is 9.10. The van der Waals surface area contributed by atoms with Crippen LogP contribution in [-0.2, 0) is 13.0 Å². The Morgan fingerprint density at radius 2 is 1.94 bits per heavy atom. The topological polar surface area (TPSA) is 3.24 Å². The van der Waals surface area contributed by atoms with E-state index in [1.807, 2.05) is 0 Å². The van der Waals surface area contributed by atoms with Crippen molar-refractivity contribution in [3.63, 3.8) is 0 Å². The summed E-state index contributed by atoms with van der Waals surface area (Å²) >= 11 is 3.25. The van der Waals surface area contributed by atoms with Crippen molar-refractivity contribution in [2.75, 3.05) is 13.1 Å². The normalized spacial score (nSPS) is 17.0. The Kier molecular flexibility index (Phi) is 3.45. The van der Waals surface area contributed by atoms with Crippen LogP contribution in [0.2, 0.25) is 0 Å². The Bertz CT molecular complexity index is 430. The first-order valence-corrected chi connectivity index (χ1v) is 5.91. The van der Waals surface area contributed by atoms with Crippen molar-refractivity contribution in [2.45, 2.75) is 19.1 Å². The Balaban J connectivity index is 2.21. The van der Waals surface area contributed by atoms with Gasteiger partial charge in [-0.2, -0.15) is 13.2 Å². The van der Waals surface area contributed by atoms with E-state index in [0.717, 1.165) is 0 Å². The molecule has 0 fully saturated rings. The molecule has 0 bridgehead atoms. The summed E-state index contributed by atoms with van der Waals surface area (Å²) in [6.45, 7) is -0.581. The third-order valence-electron chi connectivity index (χ3n) is 2.78. The van der Waals surface area contributed by atoms with Crippen LogP contribution in [0.1, 0.15) is 11.1 Å². The van der Waals surface area contributed by atoms with Gasteiger partial charge in [-0.25, -0.2) is 4.39 Å². The van der Waals surface area contributed by atoms with E-state index in [9.17, 15) is 17.6 Å². The molecule has 0 aromatic heterocycles. The summed E-state index contributed by atoms with van der Waals surface area (Å²) in [7, 11) is 0. The molecule has 17 heavy (non-hydrogen) atoms. The second-order valence-electron chi connectivity index (χ2n) is 4.06. The standard InChI is InChI=1S/C11H10BrF4N/c12-9-1-2-10(13)7-3-4-17(5-8(7)9)6-11(14,15)16/h1-2H,3-6H2. The maximum absolute atomic E-state index is 13.5. The second kappa shape index (κ2) is 4.57. The van der Waals surface area contributed by atoms with Crippen LogP contribution in [-0.4, -0.2) is 24.2 Å². The lowest BCUT2D eigenvalue weighted by molar-refractivity contribution is -0.147. The highest BCUT2D eigenvalue weighted by Gasteiger charge is 2.33. The number of nitrogens with zero attached hydrogens (tertiary/aromatic N) is 1. The van der Waals surface area contributed by atoms with Crippen LogP contribution >= 0.6 is 15.9 Å². The van der Waals surface area contributed by atoms with Gasteiger partial charge in [-0.3, -0.25) is 4.90 Å². The van der Waals surface area contributed by atoms with Crippen LogP contribution in [0.3, 0.4) is 0 Å². The van der Waals surface area contributed by atoms with Gasteiger partial charge in [-0.15, -0.1) is 0 Å². The maximum Gasteiger partial charge on any atom is 0.401 e. The molecule has 1 nitrogen and oxygen atoms in total. The summed E-state index contributed by atoms with van der Waals surface area (Å²) in [5.41, 5.74) is 1.15. The fourth-order valence-corrected chi connectivity index (χ4v) is 2.54. The average molecular weight is 312 g/mol. The lowest BCUT2D eigenvalue weighted by atomic mass is 9.99. The molecule has 0 N–H and O–H groups in total. The van der Waals surface area contributed by atoms with E-state index in [-0.39, 0.29) is 18.9 Å². The molecule has 1 aliphatic rings. The predicted octanol–water partition coefficient (Wildman–Crippen LogP) is 3.51. The Labute approximate surface area is 105 Å². The number of hydrogen-bond acceptors (Lipinski definition) is 1. The average Bonchev–Trinajstić information content (AvgIpc) is 2.21. The Morgan fingerprint density at radius 3 is 2.59 bits per heavy atom. The van der Waals surface area contributed by atoms with E-state index in [0.29, 0.717) is 22.0 Å². The van der Waals surface area contributed by atoms with Crippen molar-refractivity contribution >= 4 is 15.9 Å². The quantitative estimate of drug-likeness (QED) is 0.717. The summed E-state index contributed by atoms with van der Waals surface area (Å²) in [5, 5.41) is 0. The SMILES string of the molecule is Fc1ccc(Br)c2c1CCN(CC(F)(F)F)C2. The Hall–Kier alpha value is -0.620. The van der Waals surface area contributed by atoms with Crippen LogP contribution in [0.5, 0.6) is 0 Å². The number of hydrogen-bond donors (Lipinski definition) is 0. The minimum Gasteiger partial charge on any atom is -0.290 e. The van der Waals surface area contributed by atoms with Crippen molar-refractivity contribution in [2.24, 2.45) is 0 Å². The molecule has 0 saturated carbocycles. The number of halogens is 5. The summed E-state index contributed by atoms with van der Waals surface area (Å²) in [5.74, 6) is -0.338. The molecule has 6 heteroatoms. The first-order valence-electron chi connectivity index (χ1n) is 5.11. The van der Waals surface area contributed by atoms with E-state index in [4.69, 9.17) is 0 Å². The smallest absolute Gasteiger partial charge is 0.290 e. The monoisotopic (exact) mass is 311 g/mol. The van der Waals surface area contributed by atoms with E-state index in [2.05, 4.69) is 15.9 Å². The third kappa shape index (κ3) is 2.98. The van der Waals surface area contributed by atoms with E-state index in [1.165, 1.54) is 17.0 Å². The predicted molar refractivity (Wildman–Crippen MR) is 59.1 cm³/mol. The molecule has 0 aliphatic carbocycles. The van der Waals surface area contributed by atoms with E-state index >= 15 is 0 Å². The first-order chi connectivity index (χ1) is 7.87. The molecule has 1 heterocycles. The van der Waals surface area contributed by atoms with Crippen LogP contribution in [0.15, 0.2) is 16.6 Å². The van der Waals surface area contributed by atoms with Gasteiger partial charge in [0, 0.05) is 17.6 Å². The molecule has 1 aromatic rings. The van der Waals surface area contributed by atoms with Crippen molar-refractivity contribution in [1.29, 1.82) is 0 Å². The number of alkyl halides is 3. The molecule has 94 valence electrons. The Morgan fingerprint density at radius 1 is 1.24 bits per heavy atom. The van der Waals surface area contributed by atoms with Crippen LogP contribution in [0, 0.1) is 5.82 Å². The molecule has 0 spiro atoms. The first kappa shape index (κ1) is 12.8. The van der Waals surface area contributed by atoms with Crippen molar-refractivity contribution < 1.29 is 17.6 Å².